The van der Waals surface area contributed by atoms with E-state index in [1.54, 1.807) is 4.90 Å². The lowest BCUT2D eigenvalue weighted by molar-refractivity contribution is -0.151. The fraction of sp³-hybridized carbons (Fsp3) is 0.391. The Kier molecular flexibility index (Phi) is 6.72. The van der Waals surface area contributed by atoms with Crippen LogP contribution in [0.1, 0.15) is 30.0 Å². The Morgan fingerprint density at radius 1 is 1.06 bits per heavy atom. The Morgan fingerprint density at radius 2 is 1.81 bits per heavy atom. The smallest absolute Gasteiger partial charge is 0.387 e. The molecule has 0 radical (unpaired) electrons. The monoisotopic (exact) mass is 447 g/mol. The molecule has 0 saturated carbocycles. The number of nitrogens with zero attached hydrogens (tertiary/aromatic N) is 1. The highest BCUT2D eigenvalue weighted by Crippen LogP contribution is 2.38. The van der Waals surface area contributed by atoms with E-state index >= 15 is 0 Å². The maximum absolute atomic E-state index is 12.7. The van der Waals surface area contributed by atoms with Gasteiger partial charge < -0.3 is 23.8 Å². The number of benzene rings is 2. The van der Waals surface area contributed by atoms with Gasteiger partial charge in [-0.05, 0) is 48.2 Å². The van der Waals surface area contributed by atoms with Gasteiger partial charge in [-0.1, -0.05) is 18.2 Å². The molecular formula is C23H23F2NO6. The number of ether oxygens (including phenoxy) is 4. The van der Waals surface area contributed by atoms with Gasteiger partial charge in [-0.15, -0.1) is 0 Å². The molecule has 2 heterocycles. The molecular weight excluding hydrogens is 424 g/mol. The molecule has 4 rings (SSSR count). The van der Waals surface area contributed by atoms with Crippen molar-refractivity contribution in [2.75, 3.05) is 26.4 Å². The number of likely N-dealkylation sites (tertiary alicyclic amines) is 1. The molecule has 9 heteroatoms. The first-order chi connectivity index (χ1) is 15.5. The highest BCUT2D eigenvalue weighted by Gasteiger charge is 2.31. The van der Waals surface area contributed by atoms with Crippen LogP contribution in [0.5, 0.6) is 17.2 Å². The summed E-state index contributed by atoms with van der Waals surface area (Å²) in [5, 5.41) is 0. The van der Waals surface area contributed by atoms with E-state index in [0.717, 1.165) is 18.4 Å². The topological polar surface area (TPSA) is 74.3 Å². The van der Waals surface area contributed by atoms with E-state index in [9.17, 15) is 18.4 Å². The van der Waals surface area contributed by atoms with Crippen molar-refractivity contribution in [2.45, 2.75) is 31.9 Å². The van der Waals surface area contributed by atoms with Crippen LogP contribution in [-0.4, -0.2) is 49.8 Å². The van der Waals surface area contributed by atoms with Crippen molar-refractivity contribution >= 4 is 11.9 Å². The highest BCUT2D eigenvalue weighted by molar-refractivity contribution is 5.82. The molecule has 170 valence electrons. The van der Waals surface area contributed by atoms with Crippen molar-refractivity contribution in [3.63, 3.8) is 0 Å². The molecule has 2 aliphatic heterocycles. The number of fused-ring (bicyclic) bond motifs is 1. The van der Waals surface area contributed by atoms with Gasteiger partial charge in [0.25, 0.3) is 5.91 Å². The van der Waals surface area contributed by atoms with Gasteiger partial charge in [0.2, 0.25) is 0 Å². The number of hydrogen-bond donors (Lipinski definition) is 0. The highest BCUT2D eigenvalue weighted by atomic mass is 19.3. The lowest BCUT2D eigenvalue weighted by atomic mass is 10.0. The molecule has 7 nitrogen and oxygen atoms in total. The molecule has 1 saturated heterocycles. The minimum atomic E-state index is -2.91. The number of hydrogen-bond acceptors (Lipinski definition) is 6. The van der Waals surface area contributed by atoms with Crippen LogP contribution in [0.2, 0.25) is 0 Å². The van der Waals surface area contributed by atoms with Crippen LogP contribution in [0, 0.1) is 0 Å². The van der Waals surface area contributed by atoms with Gasteiger partial charge in [0, 0.05) is 6.54 Å². The van der Waals surface area contributed by atoms with Crippen molar-refractivity contribution < 1.29 is 37.3 Å². The average Bonchev–Trinajstić information content (AvgIpc) is 3.28. The first-order valence-electron chi connectivity index (χ1n) is 10.4. The van der Waals surface area contributed by atoms with Crippen LogP contribution in [0.4, 0.5) is 8.78 Å². The first-order valence-corrected chi connectivity index (χ1v) is 10.4. The number of rotatable bonds is 7. The van der Waals surface area contributed by atoms with E-state index < -0.39 is 12.6 Å². The second kappa shape index (κ2) is 9.84. The number of carbonyl (C=O) groups is 2. The molecule has 2 aromatic rings. The second-order valence-corrected chi connectivity index (χ2v) is 7.51. The van der Waals surface area contributed by atoms with E-state index in [0.29, 0.717) is 36.8 Å². The Morgan fingerprint density at radius 3 is 2.56 bits per heavy atom. The third-order valence-corrected chi connectivity index (χ3v) is 5.38. The third-order valence-electron chi connectivity index (χ3n) is 5.38. The van der Waals surface area contributed by atoms with Crippen molar-refractivity contribution in [1.29, 1.82) is 0 Å². The van der Waals surface area contributed by atoms with Gasteiger partial charge >= 0.3 is 12.6 Å². The molecule has 0 aliphatic carbocycles. The van der Waals surface area contributed by atoms with Crippen LogP contribution < -0.4 is 14.2 Å². The van der Waals surface area contributed by atoms with Gasteiger partial charge in [-0.25, -0.2) is 0 Å². The summed E-state index contributed by atoms with van der Waals surface area (Å²) in [4.78, 5) is 26.6. The number of esters is 1. The molecule has 0 aromatic heterocycles. The maximum atomic E-state index is 12.7. The van der Waals surface area contributed by atoms with Crippen molar-refractivity contribution in [2.24, 2.45) is 0 Å². The zero-order valence-electron chi connectivity index (χ0n) is 17.3. The number of carbonyl (C=O) groups excluding carboxylic acids is 2. The quantitative estimate of drug-likeness (QED) is 0.605. The lowest BCUT2D eigenvalue weighted by Gasteiger charge is -2.26. The minimum Gasteiger partial charge on any atom is -0.486 e. The van der Waals surface area contributed by atoms with Crippen LogP contribution >= 0.6 is 0 Å². The van der Waals surface area contributed by atoms with Gasteiger partial charge in [-0.3, -0.25) is 9.59 Å². The standard InChI is InChI=1S/C23H23F2NO6/c24-23(25)32-17-6-3-15(4-7-17)12-22(28)31-14-21(27)26-9-1-2-18(26)16-5-8-19-20(13-16)30-11-10-29-19/h3-8,13,18,23H,1-2,9-12,14H2. The molecule has 1 unspecified atom stereocenters. The molecule has 1 fully saturated rings. The van der Waals surface area contributed by atoms with E-state index in [1.807, 2.05) is 18.2 Å². The predicted molar refractivity (Wildman–Crippen MR) is 109 cm³/mol. The van der Waals surface area contributed by atoms with Gasteiger partial charge in [0.15, 0.2) is 18.1 Å². The maximum Gasteiger partial charge on any atom is 0.387 e. The van der Waals surface area contributed by atoms with E-state index in [-0.39, 0.29) is 30.7 Å². The molecule has 32 heavy (non-hydrogen) atoms. The zero-order valence-corrected chi connectivity index (χ0v) is 17.3. The Hall–Kier alpha value is -3.36. The molecule has 0 N–H and O–H groups in total. The molecule has 0 spiro atoms. The van der Waals surface area contributed by atoms with Crippen LogP contribution in [-0.2, 0) is 20.7 Å². The first kappa shape index (κ1) is 21.9. The summed E-state index contributed by atoms with van der Waals surface area (Å²) in [5.41, 5.74) is 1.52. The normalized spacial score (nSPS) is 17.3. The SMILES string of the molecule is O=C(Cc1ccc(OC(F)F)cc1)OCC(=O)N1CCCC1c1ccc2c(c1)OCCO2. The van der Waals surface area contributed by atoms with E-state index in [2.05, 4.69) is 4.74 Å². The van der Waals surface area contributed by atoms with Crippen molar-refractivity contribution in [1.82, 2.24) is 4.90 Å². The van der Waals surface area contributed by atoms with Crippen LogP contribution in [0.25, 0.3) is 0 Å². The van der Waals surface area contributed by atoms with E-state index in [1.165, 1.54) is 24.3 Å². The number of alkyl halides is 2. The summed E-state index contributed by atoms with van der Waals surface area (Å²) in [5.74, 6) is 0.530. The Balaban J connectivity index is 1.30. The fourth-order valence-corrected chi connectivity index (χ4v) is 3.91. The molecule has 2 aromatic carbocycles. The summed E-state index contributed by atoms with van der Waals surface area (Å²) < 4.78 is 45.0. The summed E-state index contributed by atoms with van der Waals surface area (Å²) in [7, 11) is 0. The van der Waals surface area contributed by atoms with Crippen LogP contribution in [0.3, 0.4) is 0 Å². The Labute approximate surface area is 183 Å². The van der Waals surface area contributed by atoms with Gasteiger partial charge in [-0.2, -0.15) is 8.78 Å². The second-order valence-electron chi connectivity index (χ2n) is 7.51. The summed E-state index contributed by atoms with van der Waals surface area (Å²) >= 11 is 0. The molecule has 1 amide bonds. The fourth-order valence-electron chi connectivity index (χ4n) is 3.91. The van der Waals surface area contributed by atoms with Crippen molar-refractivity contribution in [3.05, 3.63) is 53.6 Å². The third kappa shape index (κ3) is 5.27. The minimum absolute atomic E-state index is 0.00603. The van der Waals surface area contributed by atoms with Crippen LogP contribution in [0.15, 0.2) is 42.5 Å². The molecule has 0 bridgehead atoms. The summed E-state index contributed by atoms with van der Waals surface area (Å²) in [6, 6.07) is 11.3. The zero-order chi connectivity index (χ0) is 22.5. The number of amides is 1. The Bertz CT molecular complexity index is 965. The van der Waals surface area contributed by atoms with Crippen molar-refractivity contribution in [3.8, 4) is 17.2 Å². The average molecular weight is 447 g/mol. The molecule has 2 aliphatic rings. The molecule has 1 atom stereocenters. The lowest BCUT2D eigenvalue weighted by Crippen LogP contribution is -2.34. The predicted octanol–water partition coefficient (Wildman–Crippen LogP) is 3.51. The van der Waals surface area contributed by atoms with Gasteiger partial charge in [0.1, 0.15) is 19.0 Å². The van der Waals surface area contributed by atoms with Gasteiger partial charge in [0.05, 0.1) is 12.5 Å². The summed E-state index contributed by atoms with van der Waals surface area (Å²) in [6.45, 7) is -1.68. The van der Waals surface area contributed by atoms with E-state index in [4.69, 9.17) is 14.2 Å². The number of halogens is 2. The summed E-state index contributed by atoms with van der Waals surface area (Å²) in [6.07, 6.45) is 1.59. The largest absolute Gasteiger partial charge is 0.486 e.